The van der Waals surface area contributed by atoms with E-state index in [1.165, 1.54) is 44.5 Å². The van der Waals surface area contributed by atoms with Crippen molar-refractivity contribution in [1.29, 1.82) is 0 Å². The van der Waals surface area contributed by atoms with Crippen LogP contribution < -0.4 is 4.90 Å². The molecule has 0 atom stereocenters. The summed E-state index contributed by atoms with van der Waals surface area (Å²) in [6.45, 7) is 0. The Kier molecular flexibility index (Phi) is 9.77. The summed E-state index contributed by atoms with van der Waals surface area (Å²) in [5.41, 5.74) is 21.0. The van der Waals surface area contributed by atoms with E-state index in [2.05, 4.69) is 272 Å². The number of fused-ring (bicyclic) bond motifs is 6. The van der Waals surface area contributed by atoms with Gasteiger partial charge in [0.25, 0.3) is 0 Å². The predicted octanol–water partition coefficient (Wildman–Crippen LogP) is 18.1. The molecule has 0 saturated heterocycles. The molecule has 0 radical (unpaired) electrons. The summed E-state index contributed by atoms with van der Waals surface area (Å²) in [4.78, 5) is 2.49. The molecule has 1 heterocycles. The first-order valence-corrected chi connectivity index (χ1v) is 23.8. The van der Waals surface area contributed by atoms with Gasteiger partial charge in [0.05, 0.1) is 11.1 Å². The average molecular weight is 880 g/mol. The Morgan fingerprint density at radius 1 is 0.304 bits per heavy atom. The fourth-order valence-electron chi connectivity index (χ4n) is 11.2. The number of furan rings is 1. The van der Waals surface area contributed by atoms with Gasteiger partial charge in [-0.2, -0.15) is 0 Å². The first kappa shape index (κ1) is 40.3. The molecule has 12 aromatic rings. The summed E-state index contributed by atoms with van der Waals surface area (Å²) in [5.74, 6) is 0. The normalized spacial score (nSPS) is 12.5. The second-order valence-corrected chi connectivity index (χ2v) is 17.9. The van der Waals surface area contributed by atoms with Crippen molar-refractivity contribution in [2.45, 2.75) is 5.41 Å². The molecule has 0 spiro atoms. The van der Waals surface area contributed by atoms with E-state index in [1.54, 1.807) is 0 Å². The molecular weight excluding hydrogens is 835 g/mol. The third kappa shape index (κ3) is 6.56. The molecule has 0 saturated carbocycles. The minimum Gasteiger partial charge on any atom is -0.455 e. The lowest BCUT2D eigenvalue weighted by atomic mass is 9.67. The number of hydrogen-bond acceptors (Lipinski definition) is 2. The quantitative estimate of drug-likeness (QED) is 0.144. The molecule has 1 aliphatic rings. The highest BCUT2D eigenvalue weighted by Crippen LogP contribution is 2.58. The molecule has 0 unspecified atom stereocenters. The van der Waals surface area contributed by atoms with E-state index in [4.69, 9.17) is 4.42 Å². The van der Waals surface area contributed by atoms with Crippen LogP contribution in [0.1, 0.15) is 22.3 Å². The molecule has 0 amide bonds. The second-order valence-electron chi connectivity index (χ2n) is 17.9. The molecule has 0 aliphatic heterocycles. The Bertz CT molecular complexity index is 3780. The minimum absolute atomic E-state index is 0.570. The Labute approximate surface area is 402 Å². The van der Waals surface area contributed by atoms with Gasteiger partial charge in [0, 0.05) is 33.3 Å². The van der Waals surface area contributed by atoms with Gasteiger partial charge in [0.1, 0.15) is 11.2 Å². The monoisotopic (exact) mass is 879 g/mol. The molecule has 1 aromatic heterocycles. The van der Waals surface area contributed by atoms with Crippen LogP contribution >= 0.6 is 0 Å². The van der Waals surface area contributed by atoms with E-state index in [-0.39, 0.29) is 0 Å². The van der Waals surface area contributed by atoms with Gasteiger partial charge >= 0.3 is 0 Å². The fraction of sp³-hybridized carbons (Fsp3) is 0.0149. The molecule has 324 valence electrons. The van der Waals surface area contributed by atoms with Crippen LogP contribution in [0.5, 0.6) is 0 Å². The standard InChI is InChI=1S/C67H45NO/c1-5-21-46(22-6-1)53-29-13-14-32-59(53)65-54(47-23-7-2-8-24-47)33-20-37-63(65)68(51-41-39-48(40-42-51)55-34-19-35-60-58-31-16-18-38-64(58)69-66(55)60)52-43-44-57-56-30-15-17-36-61(56)67(62(57)45-52,49-25-9-3-10-26-49)50-27-11-4-12-28-50/h1-45H. The summed E-state index contributed by atoms with van der Waals surface area (Å²) in [5, 5.41) is 2.24. The van der Waals surface area contributed by atoms with Crippen molar-refractivity contribution in [3.8, 4) is 55.6 Å². The Morgan fingerprint density at radius 2 is 0.797 bits per heavy atom. The molecular formula is C67H45NO. The van der Waals surface area contributed by atoms with Crippen LogP contribution in [0, 0.1) is 0 Å². The molecule has 11 aromatic carbocycles. The van der Waals surface area contributed by atoms with Crippen molar-refractivity contribution in [3.05, 3.63) is 295 Å². The Balaban J connectivity index is 1.09. The van der Waals surface area contributed by atoms with Crippen LogP contribution in [-0.4, -0.2) is 0 Å². The molecule has 0 bridgehead atoms. The topological polar surface area (TPSA) is 16.4 Å². The van der Waals surface area contributed by atoms with Gasteiger partial charge < -0.3 is 9.32 Å². The van der Waals surface area contributed by atoms with Crippen LogP contribution in [-0.2, 0) is 5.41 Å². The van der Waals surface area contributed by atoms with Crippen molar-refractivity contribution in [3.63, 3.8) is 0 Å². The molecule has 0 N–H and O–H groups in total. The molecule has 13 rings (SSSR count). The van der Waals surface area contributed by atoms with Crippen LogP contribution in [0.3, 0.4) is 0 Å². The van der Waals surface area contributed by atoms with Crippen molar-refractivity contribution in [2.24, 2.45) is 0 Å². The smallest absolute Gasteiger partial charge is 0.143 e. The van der Waals surface area contributed by atoms with E-state index in [1.807, 2.05) is 6.07 Å². The van der Waals surface area contributed by atoms with Crippen LogP contribution in [0.4, 0.5) is 17.1 Å². The molecule has 1 aliphatic carbocycles. The third-order valence-electron chi connectivity index (χ3n) is 14.2. The molecule has 69 heavy (non-hydrogen) atoms. The zero-order valence-corrected chi connectivity index (χ0v) is 37.8. The molecule has 0 fully saturated rings. The zero-order valence-electron chi connectivity index (χ0n) is 37.8. The van der Waals surface area contributed by atoms with Gasteiger partial charge in [-0.05, 0) is 103 Å². The average Bonchev–Trinajstić information content (AvgIpc) is 3.96. The van der Waals surface area contributed by atoms with E-state index < -0.39 is 5.41 Å². The highest BCUT2D eigenvalue weighted by molar-refractivity contribution is 6.10. The van der Waals surface area contributed by atoms with Crippen LogP contribution in [0.15, 0.2) is 277 Å². The maximum Gasteiger partial charge on any atom is 0.143 e. The molecule has 2 heteroatoms. The maximum atomic E-state index is 6.57. The van der Waals surface area contributed by atoms with Gasteiger partial charge in [-0.3, -0.25) is 0 Å². The number of para-hydroxylation sites is 2. The summed E-state index contributed by atoms with van der Waals surface area (Å²) < 4.78 is 6.57. The van der Waals surface area contributed by atoms with Crippen LogP contribution in [0.2, 0.25) is 0 Å². The third-order valence-corrected chi connectivity index (χ3v) is 14.2. The first-order valence-electron chi connectivity index (χ1n) is 23.8. The summed E-state index contributed by atoms with van der Waals surface area (Å²) in [6, 6.07) is 99.4. The minimum atomic E-state index is -0.570. The van der Waals surface area contributed by atoms with Gasteiger partial charge in [-0.25, -0.2) is 0 Å². The van der Waals surface area contributed by atoms with Crippen molar-refractivity contribution >= 4 is 39.0 Å². The Hall–Kier alpha value is -8.98. The highest BCUT2D eigenvalue weighted by atomic mass is 16.3. The maximum absolute atomic E-state index is 6.57. The fourth-order valence-corrected chi connectivity index (χ4v) is 11.2. The van der Waals surface area contributed by atoms with Gasteiger partial charge in [0.15, 0.2) is 0 Å². The highest BCUT2D eigenvalue weighted by Gasteiger charge is 2.46. The van der Waals surface area contributed by atoms with Crippen molar-refractivity contribution in [2.75, 3.05) is 4.90 Å². The second kappa shape index (κ2) is 16.7. The van der Waals surface area contributed by atoms with Gasteiger partial charge in [0.2, 0.25) is 0 Å². The van der Waals surface area contributed by atoms with Gasteiger partial charge in [-0.1, -0.05) is 237 Å². The lowest BCUT2D eigenvalue weighted by Gasteiger charge is -2.35. The first-order chi connectivity index (χ1) is 34.3. The van der Waals surface area contributed by atoms with Crippen LogP contribution in [0.25, 0.3) is 77.6 Å². The lowest BCUT2D eigenvalue weighted by Crippen LogP contribution is -2.28. The number of hydrogen-bond donors (Lipinski definition) is 0. The molecule has 2 nitrogen and oxygen atoms in total. The SMILES string of the molecule is c1ccc(-c2ccccc2-c2c(-c3ccccc3)cccc2N(c2ccc(-c3cccc4c3oc3ccccc34)cc2)c2ccc3c(c2)C(c2ccccc2)(c2ccccc2)c2ccccc2-3)cc1. The number of rotatable bonds is 9. The largest absolute Gasteiger partial charge is 0.455 e. The summed E-state index contributed by atoms with van der Waals surface area (Å²) in [7, 11) is 0. The van der Waals surface area contributed by atoms with E-state index >= 15 is 0 Å². The number of anilines is 3. The van der Waals surface area contributed by atoms with Crippen molar-refractivity contribution < 1.29 is 4.42 Å². The Morgan fingerprint density at radius 3 is 1.51 bits per heavy atom. The predicted molar refractivity (Wildman–Crippen MR) is 287 cm³/mol. The van der Waals surface area contributed by atoms with E-state index in [9.17, 15) is 0 Å². The summed E-state index contributed by atoms with van der Waals surface area (Å²) >= 11 is 0. The van der Waals surface area contributed by atoms with Crippen molar-refractivity contribution in [1.82, 2.24) is 0 Å². The number of nitrogens with zero attached hydrogens (tertiary/aromatic N) is 1. The van der Waals surface area contributed by atoms with E-state index in [0.29, 0.717) is 0 Å². The summed E-state index contributed by atoms with van der Waals surface area (Å²) in [6.07, 6.45) is 0. The van der Waals surface area contributed by atoms with Gasteiger partial charge in [-0.15, -0.1) is 0 Å². The number of benzene rings is 11. The zero-order chi connectivity index (χ0) is 45.7. The lowest BCUT2D eigenvalue weighted by molar-refractivity contribution is 0.670. The van der Waals surface area contributed by atoms with E-state index in [0.717, 1.165) is 72.4 Å².